The van der Waals surface area contributed by atoms with Crippen molar-refractivity contribution in [2.24, 2.45) is 5.10 Å². The van der Waals surface area contributed by atoms with Gasteiger partial charge >= 0.3 is 0 Å². The number of nitrogens with one attached hydrogen (secondary N) is 2. The molecular formula is C15H13N5OS. The summed E-state index contributed by atoms with van der Waals surface area (Å²) < 4.78 is 1.08. The van der Waals surface area contributed by atoms with Crippen LogP contribution in [0.1, 0.15) is 5.56 Å². The molecule has 3 aromatic rings. The topological polar surface area (TPSA) is 79.3 Å². The SMILES string of the molecule is O=C(CNc1nc2ccccc2s1)N/N=C\c1ccncc1. The number of hydrazone groups is 1. The largest absolute Gasteiger partial charge is 0.352 e. The minimum atomic E-state index is -0.232. The minimum Gasteiger partial charge on any atom is -0.352 e. The van der Waals surface area contributed by atoms with E-state index >= 15 is 0 Å². The fourth-order valence-electron chi connectivity index (χ4n) is 1.77. The number of fused-ring (bicyclic) bond motifs is 1. The lowest BCUT2D eigenvalue weighted by atomic mass is 10.3. The number of carbonyl (C=O) groups excluding carboxylic acids is 1. The van der Waals surface area contributed by atoms with Crippen LogP contribution in [0.25, 0.3) is 10.2 Å². The van der Waals surface area contributed by atoms with Crippen LogP contribution in [-0.4, -0.2) is 28.6 Å². The first-order valence-electron chi connectivity index (χ1n) is 6.62. The standard InChI is InChI=1S/C15H13N5OS/c21-14(20-18-9-11-5-7-16-8-6-11)10-17-15-19-12-3-1-2-4-13(12)22-15/h1-9H,10H2,(H,17,19)(H,20,21)/b18-9-. The molecule has 0 aliphatic carbocycles. The Morgan fingerprint density at radius 1 is 1.23 bits per heavy atom. The van der Waals surface area contributed by atoms with E-state index in [1.54, 1.807) is 30.7 Å². The van der Waals surface area contributed by atoms with E-state index < -0.39 is 0 Å². The van der Waals surface area contributed by atoms with Gasteiger partial charge in [-0.15, -0.1) is 0 Å². The van der Waals surface area contributed by atoms with E-state index in [0.29, 0.717) is 0 Å². The quantitative estimate of drug-likeness (QED) is 0.559. The van der Waals surface area contributed by atoms with Crippen molar-refractivity contribution >= 4 is 38.8 Å². The molecule has 2 aromatic heterocycles. The summed E-state index contributed by atoms with van der Waals surface area (Å²) in [7, 11) is 0. The van der Waals surface area contributed by atoms with Crippen LogP contribution in [0.4, 0.5) is 5.13 Å². The molecule has 110 valence electrons. The summed E-state index contributed by atoms with van der Waals surface area (Å²) in [5, 5.41) is 7.60. The van der Waals surface area contributed by atoms with Gasteiger partial charge in [-0.05, 0) is 29.8 Å². The van der Waals surface area contributed by atoms with Gasteiger partial charge in [0.15, 0.2) is 5.13 Å². The summed E-state index contributed by atoms with van der Waals surface area (Å²) in [5.41, 5.74) is 4.25. The van der Waals surface area contributed by atoms with Gasteiger partial charge in [0.05, 0.1) is 23.0 Å². The first-order chi connectivity index (χ1) is 10.8. The number of thiazole rings is 1. The van der Waals surface area contributed by atoms with Crippen LogP contribution in [0.2, 0.25) is 0 Å². The average Bonchev–Trinajstić information content (AvgIpc) is 2.97. The Hall–Kier alpha value is -2.80. The molecule has 0 bridgehead atoms. The predicted octanol–water partition coefficient (Wildman–Crippen LogP) is 2.25. The first-order valence-corrected chi connectivity index (χ1v) is 7.44. The van der Waals surface area contributed by atoms with Crippen molar-refractivity contribution < 1.29 is 4.79 Å². The van der Waals surface area contributed by atoms with Gasteiger partial charge in [0, 0.05) is 12.4 Å². The Morgan fingerprint density at radius 2 is 2.05 bits per heavy atom. The molecule has 1 amide bonds. The highest BCUT2D eigenvalue weighted by atomic mass is 32.1. The fraction of sp³-hybridized carbons (Fsp3) is 0.0667. The lowest BCUT2D eigenvalue weighted by Crippen LogP contribution is -2.25. The third kappa shape index (κ3) is 3.64. The number of anilines is 1. The number of nitrogens with zero attached hydrogens (tertiary/aromatic N) is 3. The monoisotopic (exact) mass is 311 g/mol. The second-order valence-corrected chi connectivity index (χ2v) is 5.44. The smallest absolute Gasteiger partial charge is 0.259 e. The van der Waals surface area contributed by atoms with Gasteiger partial charge in [-0.1, -0.05) is 23.5 Å². The Bertz CT molecular complexity index is 767. The first kappa shape index (κ1) is 14.2. The number of benzene rings is 1. The third-order valence-electron chi connectivity index (χ3n) is 2.80. The Labute approximate surface area is 130 Å². The van der Waals surface area contributed by atoms with E-state index in [1.165, 1.54) is 11.3 Å². The predicted molar refractivity (Wildman–Crippen MR) is 88.1 cm³/mol. The summed E-state index contributed by atoms with van der Waals surface area (Å²) in [6, 6.07) is 11.4. The number of amides is 1. The van der Waals surface area contributed by atoms with Crippen molar-refractivity contribution in [2.45, 2.75) is 0 Å². The molecule has 0 spiro atoms. The minimum absolute atomic E-state index is 0.119. The van der Waals surface area contributed by atoms with Crippen LogP contribution >= 0.6 is 11.3 Å². The Kier molecular flexibility index (Phi) is 4.35. The number of aromatic nitrogens is 2. The van der Waals surface area contributed by atoms with Crippen LogP contribution in [0.3, 0.4) is 0 Å². The Morgan fingerprint density at radius 3 is 2.86 bits per heavy atom. The van der Waals surface area contributed by atoms with Crippen molar-refractivity contribution in [2.75, 3.05) is 11.9 Å². The Balaban J connectivity index is 1.51. The number of carbonyl (C=O) groups is 1. The zero-order valence-electron chi connectivity index (χ0n) is 11.6. The summed E-state index contributed by atoms with van der Waals surface area (Å²) in [5.74, 6) is -0.232. The second-order valence-electron chi connectivity index (χ2n) is 4.41. The molecule has 7 heteroatoms. The van der Waals surface area contributed by atoms with Crippen LogP contribution < -0.4 is 10.7 Å². The number of para-hydroxylation sites is 1. The highest BCUT2D eigenvalue weighted by molar-refractivity contribution is 7.22. The maximum absolute atomic E-state index is 11.7. The van der Waals surface area contributed by atoms with Crippen molar-refractivity contribution in [3.05, 3.63) is 54.4 Å². The molecule has 0 aliphatic heterocycles. The molecule has 2 heterocycles. The normalized spacial score (nSPS) is 10.9. The van der Waals surface area contributed by atoms with E-state index in [0.717, 1.165) is 20.9 Å². The molecule has 0 aliphatic rings. The van der Waals surface area contributed by atoms with E-state index in [9.17, 15) is 4.79 Å². The molecule has 0 unspecified atom stereocenters. The van der Waals surface area contributed by atoms with Crippen molar-refractivity contribution in [1.82, 2.24) is 15.4 Å². The van der Waals surface area contributed by atoms with Gasteiger partial charge in [-0.2, -0.15) is 5.10 Å². The molecule has 1 aromatic carbocycles. The van der Waals surface area contributed by atoms with Gasteiger partial charge < -0.3 is 5.32 Å². The molecule has 3 rings (SSSR count). The number of pyridine rings is 1. The summed E-state index contributed by atoms with van der Waals surface area (Å²) in [6.07, 6.45) is 4.90. The van der Waals surface area contributed by atoms with Crippen LogP contribution in [-0.2, 0) is 4.79 Å². The van der Waals surface area contributed by atoms with Crippen molar-refractivity contribution in [3.63, 3.8) is 0 Å². The van der Waals surface area contributed by atoms with E-state index in [2.05, 4.69) is 25.8 Å². The summed E-state index contributed by atoms with van der Waals surface area (Å²) in [6.45, 7) is 0.119. The van der Waals surface area contributed by atoms with E-state index in [1.807, 2.05) is 24.3 Å². The zero-order valence-corrected chi connectivity index (χ0v) is 12.4. The van der Waals surface area contributed by atoms with E-state index in [4.69, 9.17) is 0 Å². The molecule has 2 N–H and O–H groups in total. The maximum Gasteiger partial charge on any atom is 0.259 e. The average molecular weight is 311 g/mol. The zero-order chi connectivity index (χ0) is 15.2. The number of hydrogen-bond acceptors (Lipinski definition) is 6. The van der Waals surface area contributed by atoms with Gasteiger partial charge in [0.25, 0.3) is 5.91 Å². The molecular weight excluding hydrogens is 298 g/mol. The third-order valence-corrected chi connectivity index (χ3v) is 3.80. The number of hydrogen-bond donors (Lipinski definition) is 2. The van der Waals surface area contributed by atoms with Crippen LogP contribution in [0.15, 0.2) is 53.9 Å². The van der Waals surface area contributed by atoms with Gasteiger partial charge in [0.2, 0.25) is 0 Å². The fourth-order valence-corrected chi connectivity index (χ4v) is 2.63. The summed E-state index contributed by atoms with van der Waals surface area (Å²) in [4.78, 5) is 20.0. The highest BCUT2D eigenvalue weighted by Crippen LogP contribution is 2.24. The van der Waals surface area contributed by atoms with Gasteiger partial charge in [0.1, 0.15) is 0 Å². The van der Waals surface area contributed by atoms with Crippen molar-refractivity contribution in [3.8, 4) is 0 Å². The molecule has 6 nitrogen and oxygen atoms in total. The molecule has 0 saturated heterocycles. The van der Waals surface area contributed by atoms with Gasteiger partial charge in [-0.25, -0.2) is 10.4 Å². The van der Waals surface area contributed by atoms with Gasteiger partial charge in [-0.3, -0.25) is 9.78 Å². The molecule has 0 radical (unpaired) electrons. The summed E-state index contributed by atoms with van der Waals surface area (Å²) >= 11 is 1.51. The molecule has 0 atom stereocenters. The lowest BCUT2D eigenvalue weighted by Gasteiger charge is -2.00. The van der Waals surface area contributed by atoms with Crippen LogP contribution in [0.5, 0.6) is 0 Å². The van der Waals surface area contributed by atoms with Crippen LogP contribution in [0, 0.1) is 0 Å². The molecule has 0 saturated carbocycles. The van der Waals surface area contributed by atoms with Crippen molar-refractivity contribution in [1.29, 1.82) is 0 Å². The molecule has 0 fully saturated rings. The maximum atomic E-state index is 11.7. The lowest BCUT2D eigenvalue weighted by molar-refractivity contribution is -0.119. The number of rotatable bonds is 5. The second kappa shape index (κ2) is 6.77. The van der Waals surface area contributed by atoms with E-state index in [-0.39, 0.29) is 12.5 Å². The molecule has 22 heavy (non-hydrogen) atoms. The highest BCUT2D eigenvalue weighted by Gasteiger charge is 2.04.